The predicted molar refractivity (Wildman–Crippen MR) is 80.4 cm³/mol. The van der Waals surface area contributed by atoms with Crippen molar-refractivity contribution in [2.45, 2.75) is 12.5 Å². The van der Waals surface area contributed by atoms with E-state index >= 15 is 0 Å². The quantitative estimate of drug-likeness (QED) is 0.873. The zero-order valence-corrected chi connectivity index (χ0v) is 12.1. The molecular weight excluding hydrogens is 298 g/mol. The van der Waals surface area contributed by atoms with E-state index in [0.717, 1.165) is 17.0 Å². The van der Waals surface area contributed by atoms with Crippen LogP contribution in [0.15, 0.2) is 30.3 Å². The number of ether oxygens (including phenoxy) is 4. The number of nitrogens with one attached hydrogen (secondary N) is 1. The number of rotatable bonds is 1. The second kappa shape index (κ2) is 4.55. The maximum Gasteiger partial charge on any atom is 0.231 e. The fraction of sp³-hybridized carbons (Fsp3) is 0.235. The van der Waals surface area contributed by atoms with Gasteiger partial charge < -0.3 is 24.3 Å². The lowest BCUT2D eigenvalue weighted by atomic mass is 9.92. The highest BCUT2D eigenvalue weighted by atomic mass is 16.7. The lowest BCUT2D eigenvalue weighted by Gasteiger charge is -2.26. The van der Waals surface area contributed by atoms with Gasteiger partial charge in [0.05, 0.1) is 6.04 Å². The van der Waals surface area contributed by atoms with Crippen molar-refractivity contribution in [3.63, 3.8) is 0 Å². The molecule has 0 radical (unpaired) electrons. The largest absolute Gasteiger partial charge is 0.454 e. The van der Waals surface area contributed by atoms with Crippen molar-refractivity contribution in [1.29, 1.82) is 0 Å². The highest BCUT2D eigenvalue weighted by molar-refractivity contribution is 6.04. The van der Waals surface area contributed by atoms with Crippen LogP contribution < -0.4 is 24.3 Å². The fourth-order valence-corrected chi connectivity index (χ4v) is 3.16. The first-order chi connectivity index (χ1) is 11.3. The van der Waals surface area contributed by atoms with Gasteiger partial charge in [-0.2, -0.15) is 0 Å². The molecule has 3 aliphatic heterocycles. The summed E-state index contributed by atoms with van der Waals surface area (Å²) in [7, 11) is 0. The van der Waals surface area contributed by atoms with E-state index in [-0.39, 0.29) is 25.4 Å². The maximum atomic E-state index is 12.5. The molecule has 0 amide bonds. The third kappa shape index (κ3) is 1.91. The maximum absolute atomic E-state index is 12.5. The average molecular weight is 311 g/mol. The third-order valence-electron chi connectivity index (χ3n) is 4.33. The Labute approximate surface area is 131 Å². The van der Waals surface area contributed by atoms with Crippen LogP contribution in [0.5, 0.6) is 23.0 Å². The Balaban J connectivity index is 1.52. The van der Waals surface area contributed by atoms with E-state index < -0.39 is 0 Å². The minimum atomic E-state index is -0.107. The van der Waals surface area contributed by atoms with Gasteiger partial charge in [-0.3, -0.25) is 4.79 Å². The summed E-state index contributed by atoms with van der Waals surface area (Å²) >= 11 is 0. The van der Waals surface area contributed by atoms with Crippen LogP contribution in [-0.2, 0) is 0 Å². The Bertz CT molecular complexity index is 832. The molecule has 2 aromatic carbocycles. The van der Waals surface area contributed by atoms with Crippen molar-refractivity contribution >= 4 is 11.5 Å². The normalized spacial score (nSPS) is 20.2. The Morgan fingerprint density at radius 2 is 1.57 bits per heavy atom. The number of anilines is 1. The van der Waals surface area contributed by atoms with Crippen LogP contribution in [0.2, 0.25) is 0 Å². The van der Waals surface area contributed by atoms with Gasteiger partial charge in [0, 0.05) is 23.7 Å². The van der Waals surface area contributed by atoms with Crippen molar-refractivity contribution in [3.05, 3.63) is 41.5 Å². The van der Waals surface area contributed by atoms with Crippen molar-refractivity contribution in [2.75, 3.05) is 18.9 Å². The first kappa shape index (κ1) is 12.6. The second-order valence-electron chi connectivity index (χ2n) is 5.69. The van der Waals surface area contributed by atoms with Crippen LogP contribution in [0.1, 0.15) is 28.4 Å². The lowest BCUT2D eigenvalue weighted by molar-refractivity contribution is 0.0971. The lowest BCUT2D eigenvalue weighted by Crippen LogP contribution is -2.22. The highest BCUT2D eigenvalue weighted by Crippen LogP contribution is 2.43. The number of benzene rings is 2. The summed E-state index contributed by atoms with van der Waals surface area (Å²) in [6.45, 7) is 0.431. The van der Waals surface area contributed by atoms with Gasteiger partial charge in [0.15, 0.2) is 28.8 Å². The molecule has 0 unspecified atom stereocenters. The summed E-state index contributed by atoms with van der Waals surface area (Å²) in [6, 6.07) is 9.22. The zero-order valence-electron chi connectivity index (χ0n) is 12.1. The van der Waals surface area contributed by atoms with Gasteiger partial charge in [0.1, 0.15) is 0 Å². The minimum Gasteiger partial charge on any atom is -0.454 e. The minimum absolute atomic E-state index is 0.0831. The molecule has 0 aliphatic carbocycles. The molecule has 1 atom stereocenters. The van der Waals surface area contributed by atoms with E-state index in [4.69, 9.17) is 18.9 Å². The number of ketones is 1. The number of hydrogen-bond acceptors (Lipinski definition) is 6. The van der Waals surface area contributed by atoms with E-state index in [1.54, 1.807) is 6.07 Å². The molecule has 0 fully saturated rings. The molecule has 2 aromatic rings. The van der Waals surface area contributed by atoms with Crippen molar-refractivity contribution in [3.8, 4) is 23.0 Å². The van der Waals surface area contributed by atoms with E-state index in [9.17, 15) is 4.79 Å². The van der Waals surface area contributed by atoms with Crippen molar-refractivity contribution in [1.82, 2.24) is 0 Å². The number of Topliss-reactive ketones (excluding diaryl/α,β-unsaturated/α-hetero) is 1. The van der Waals surface area contributed by atoms with Crippen molar-refractivity contribution in [2.24, 2.45) is 0 Å². The molecule has 3 aliphatic rings. The average Bonchev–Trinajstić information content (AvgIpc) is 3.20. The fourth-order valence-electron chi connectivity index (χ4n) is 3.16. The van der Waals surface area contributed by atoms with Crippen molar-refractivity contribution < 1.29 is 23.7 Å². The van der Waals surface area contributed by atoms with E-state index in [1.165, 1.54) is 0 Å². The Morgan fingerprint density at radius 1 is 0.870 bits per heavy atom. The molecule has 6 nitrogen and oxygen atoms in total. The second-order valence-corrected chi connectivity index (χ2v) is 5.69. The van der Waals surface area contributed by atoms with Gasteiger partial charge in [-0.25, -0.2) is 0 Å². The summed E-state index contributed by atoms with van der Waals surface area (Å²) < 4.78 is 21.5. The smallest absolute Gasteiger partial charge is 0.231 e. The molecule has 1 N–H and O–H groups in total. The van der Waals surface area contributed by atoms with Gasteiger partial charge in [0.25, 0.3) is 0 Å². The summed E-state index contributed by atoms with van der Waals surface area (Å²) in [5.41, 5.74) is 2.41. The van der Waals surface area contributed by atoms with Gasteiger partial charge in [-0.15, -0.1) is 0 Å². The number of hydrogen-bond donors (Lipinski definition) is 1. The van der Waals surface area contributed by atoms with E-state index in [1.807, 2.05) is 24.3 Å². The summed E-state index contributed by atoms with van der Waals surface area (Å²) in [5.74, 6) is 2.82. The van der Waals surface area contributed by atoms with Gasteiger partial charge in [-0.1, -0.05) is 6.07 Å². The van der Waals surface area contributed by atoms with Crippen LogP contribution in [0.25, 0.3) is 0 Å². The van der Waals surface area contributed by atoms with Crippen LogP contribution in [0, 0.1) is 0 Å². The molecule has 0 saturated heterocycles. The number of fused-ring (bicyclic) bond motifs is 3. The van der Waals surface area contributed by atoms with Crippen LogP contribution >= 0.6 is 0 Å². The number of carbonyl (C=O) groups is 1. The van der Waals surface area contributed by atoms with Gasteiger partial charge in [-0.05, 0) is 23.8 Å². The molecule has 6 heteroatoms. The van der Waals surface area contributed by atoms with Crippen LogP contribution in [-0.4, -0.2) is 19.4 Å². The number of carbonyl (C=O) groups excluding carboxylic acids is 1. The van der Waals surface area contributed by atoms with Crippen LogP contribution in [0.3, 0.4) is 0 Å². The first-order valence-electron chi connectivity index (χ1n) is 7.41. The SMILES string of the molecule is O=C1C[C@H](c2ccc3c(c2)OCO3)Nc2cc3c(cc21)OCO3. The third-order valence-corrected chi connectivity index (χ3v) is 4.33. The van der Waals surface area contributed by atoms with Crippen LogP contribution in [0.4, 0.5) is 5.69 Å². The van der Waals surface area contributed by atoms with E-state index in [2.05, 4.69) is 5.32 Å². The Hall–Kier alpha value is -2.89. The molecule has 5 rings (SSSR count). The van der Waals surface area contributed by atoms with Gasteiger partial charge >= 0.3 is 0 Å². The van der Waals surface area contributed by atoms with E-state index in [0.29, 0.717) is 29.2 Å². The molecule has 116 valence electrons. The molecule has 0 bridgehead atoms. The molecule has 0 aromatic heterocycles. The molecule has 23 heavy (non-hydrogen) atoms. The summed E-state index contributed by atoms with van der Waals surface area (Å²) in [6.07, 6.45) is 0.381. The molecule has 0 saturated carbocycles. The van der Waals surface area contributed by atoms with Gasteiger partial charge in [0.2, 0.25) is 13.6 Å². The topological polar surface area (TPSA) is 66.0 Å². The predicted octanol–water partition coefficient (Wildman–Crippen LogP) is 2.88. The summed E-state index contributed by atoms with van der Waals surface area (Å²) in [4.78, 5) is 12.5. The highest BCUT2D eigenvalue weighted by Gasteiger charge is 2.29. The standard InChI is InChI=1S/C17H13NO5/c19-13-5-11(9-1-2-14-15(3-9)21-7-20-14)18-12-6-17-16(4-10(12)13)22-8-23-17/h1-4,6,11,18H,5,7-8H2/t11-/m1/s1. The monoisotopic (exact) mass is 311 g/mol. The Morgan fingerprint density at radius 3 is 2.39 bits per heavy atom. The molecule has 0 spiro atoms. The molecular formula is C17H13NO5. The summed E-state index contributed by atoms with van der Waals surface area (Å²) in [5, 5.41) is 3.41. The zero-order chi connectivity index (χ0) is 15.4. The molecule has 3 heterocycles. The Kier molecular flexibility index (Phi) is 2.50. The first-order valence-corrected chi connectivity index (χ1v) is 7.41.